The van der Waals surface area contributed by atoms with Crippen LogP contribution in [0.3, 0.4) is 0 Å². The second kappa shape index (κ2) is 5.13. The molecule has 0 saturated heterocycles. The maximum atomic E-state index is 10.9. The molecule has 100 valence electrons. The average Bonchev–Trinajstić information content (AvgIpc) is 2.34. The highest BCUT2D eigenvalue weighted by molar-refractivity contribution is 7.88. The summed E-state index contributed by atoms with van der Waals surface area (Å²) in [6.07, 6.45) is 0.124. The Hall–Kier alpha value is -1.31. The van der Waals surface area contributed by atoms with Gasteiger partial charge in [-0.2, -0.15) is 0 Å². The quantitative estimate of drug-likeness (QED) is 0.809. The molecule has 0 bridgehead atoms. The fraction of sp³-hybridized carbons (Fsp3) is 0.455. The van der Waals surface area contributed by atoms with E-state index in [4.69, 9.17) is 9.47 Å². The second-order valence-electron chi connectivity index (χ2n) is 4.04. The first-order chi connectivity index (χ1) is 8.46. The molecule has 1 aliphatic rings. The average molecular weight is 273 g/mol. The zero-order chi connectivity index (χ0) is 13.2. The van der Waals surface area contributed by atoms with Gasteiger partial charge in [-0.15, -0.1) is 0 Å². The predicted molar refractivity (Wildman–Crippen MR) is 65.2 cm³/mol. The van der Waals surface area contributed by atoms with Crippen molar-refractivity contribution in [2.45, 2.75) is 6.10 Å². The lowest BCUT2D eigenvalue weighted by molar-refractivity contribution is 0.165. The third kappa shape index (κ3) is 3.34. The minimum Gasteiger partial charge on any atom is -0.486 e. The van der Waals surface area contributed by atoms with Gasteiger partial charge in [-0.3, -0.25) is 0 Å². The van der Waals surface area contributed by atoms with E-state index in [0.717, 1.165) is 6.26 Å². The Morgan fingerprint density at radius 2 is 2.00 bits per heavy atom. The SMILES string of the molecule is CS(=O)(=O)NCC(O)c1ccc2c(c1)OCCO2. The molecule has 0 saturated carbocycles. The molecule has 0 spiro atoms. The summed E-state index contributed by atoms with van der Waals surface area (Å²) in [7, 11) is -3.31. The third-order valence-electron chi connectivity index (χ3n) is 2.49. The summed E-state index contributed by atoms with van der Waals surface area (Å²) >= 11 is 0. The van der Waals surface area contributed by atoms with Gasteiger partial charge < -0.3 is 14.6 Å². The Morgan fingerprint density at radius 3 is 2.67 bits per heavy atom. The van der Waals surface area contributed by atoms with E-state index in [0.29, 0.717) is 30.3 Å². The van der Waals surface area contributed by atoms with E-state index < -0.39 is 16.1 Å². The number of aliphatic hydroxyl groups excluding tert-OH is 1. The molecule has 1 aromatic rings. The van der Waals surface area contributed by atoms with Gasteiger partial charge in [-0.1, -0.05) is 6.07 Å². The second-order valence-corrected chi connectivity index (χ2v) is 5.87. The molecule has 1 aromatic carbocycles. The van der Waals surface area contributed by atoms with Gasteiger partial charge in [0.25, 0.3) is 0 Å². The zero-order valence-electron chi connectivity index (χ0n) is 9.92. The molecule has 7 heteroatoms. The van der Waals surface area contributed by atoms with Crippen LogP contribution in [0.4, 0.5) is 0 Å². The summed E-state index contributed by atoms with van der Waals surface area (Å²) in [6, 6.07) is 5.04. The van der Waals surface area contributed by atoms with Gasteiger partial charge in [0.1, 0.15) is 13.2 Å². The lowest BCUT2D eigenvalue weighted by Crippen LogP contribution is -2.27. The largest absolute Gasteiger partial charge is 0.486 e. The minimum atomic E-state index is -3.31. The molecule has 0 amide bonds. The van der Waals surface area contributed by atoms with Crippen LogP contribution < -0.4 is 14.2 Å². The van der Waals surface area contributed by atoms with Crippen LogP contribution in [0, 0.1) is 0 Å². The molecule has 0 fully saturated rings. The van der Waals surface area contributed by atoms with Gasteiger partial charge in [0.05, 0.1) is 12.4 Å². The Bertz CT molecular complexity index is 528. The zero-order valence-corrected chi connectivity index (χ0v) is 10.7. The highest BCUT2D eigenvalue weighted by atomic mass is 32.2. The lowest BCUT2D eigenvalue weighted by atomic mass is 10.1. The maximum absolute atomic E-state index is 10.9. The molecule has 0 radical (unpaired) electrons. The van der Waals surface area contributed by atoms with Crippen molar-refractivity contribution in [3.63, 3.8) is 0 Å². The number of aliphatic hydroxyl groups is 1. The van der Waals surface area contributed by atoms with Crippen LogP contribution in [0.15, 0.2) is 18.2 Å². The summed E-state index contributed by atoms with van der Waals surface area (Å²) in [5, 5.41) is 9.86. The summed E-state index contributed by atoms with van der Waals surface area (Å²) in [5.41, 5.74) is 0.579. The van der Waals surface area contributed by atoms with E-state index in [1.54, 1.807) is 18.2 Å². The first kappa shape index (κ1) is 13.1. The van der Waals surface area contributed by atoms with Crippen molar-refractivity contribution in [3.05, 3.63) is 23.8 Å². The molecule has 0 aromatic heterocycles. The molecule has 1 unspecified atom stereocenters. The Morgan fingerprint density at radius 1 is 1.33 bits per heavy atom. The standard InChI is InChI=1S/C11H15NO5S/c1-18(14,15)12-7-9(13)8-2-3-10-11(6-8)17-5-4-16-10/h2-3,6,9,12-13H,4-5,7H2,1H3. The van der Waals surface area contributed by atoms with Gasteiger partial charge in [0.15, 0.2) is 11.5 Å². The van der Waals surface area contributed by atoms with E-state index in [9.17, 15) is 13.5 Å². The smallest absolute Gasteiger partial charge is 0.208 e. The van der Waals surface area contributed by atoms with Crippen LogP contribution in [0.2, 0.25) is 0 Å². The molecule has 18 heavy (non-hydrogen) atoms. The molecular weight excluding hydrogens is 258 g/mol. The Labute approximate surface area is 106 Å². The minimum absolute atomic E-state index is 0.0710. The van der Waals surface area contributed by atoms with Crippen molar-refractivity contribution in [3.8, 4) is 11.5 Å². The fourth-order valence-corrected chi connectivity index (χ4v) is 2.08. The normalized spacial score (nSPS) is 16.3. The predicted octanol–water partition coefficient (Wildman–Crippen LogP) is 0.0404. The number of ether oxygens (including phenoxy) is 2. The highest BCUT2D eigenvalue weighted by Crippen LogP contribution is 2.32. The molecule has 6 nitrogen and oxygen atoms in total. The molecule has 1 heterocycles. The fourth-order valence-electron chi connectivity index (χ4n) is 1.62. The topological polar surface area (TPSA) is 84.9 Å². The van der Waals surface area contributed by atoms with Gasteiger partial charge in [-0.05, 0) is 17.7 Å². The summed E-state index contributed by atoms with van der Waals surface area (Å²) in [6.45, 7) is 0.900. The van der Waals surface area contributed by atoms with Gasteiger partial charge in [0.2, 0.25) is 10.0 Å². The Balaban J connectivity index is 2.08. The molecular formula is C11H15NO5S. The van der Waals surface area contributed by atoms with E-state index in [1.807, 2.05) is 0 Å². The van der Waals surface area contributed by atoms with Crippen molar-refractivity contribution in [1.29, 1.82) is 0 Å². The number of fused-ring (bicyclic) bond motifs is 1. The maximum Gasteiger partial charge on any atom is 0.208 e. The van der Waals surface area contributed by atoms with Crippen LogP contribution in [-0.4, -0.2) is 39.5 Å². The molecule has 0 aliphatic carbocycles. The molecule has 2 N–H and O–H groups in total. The van der Waals surface area contributed by atoms with Crippen LogP contribution in [0.1, 0.15) is 11.7 Å². The molecule has 2 rings (SSSR count). The van der Waals surface area contributed by atoms with E-state index >= 15 is 0 Å². The van der Waals surface area contributed by atoms with Gasteiger partial charge >= 0.3 is 0 Å². The van der Waals surface area contributed by atoms with Crippen molar-refractivity contribution in [2.24, 2.45) is 0 Å². The number of nitrogens with one attached hydrogen (secondary N) is 1. The van der Waals surface area contributed by atoms with Crippen LogP contribution >= 0.6 is 0 Å². The summed E-state index contributed by atoms with van der Waals surface area (Å²) in [4.78, 5) is 0. The Kier molecular flexibility index (Phi) is 3.74. The van der Waals surface area contributed by atoms with Crippen LogP contribution in [0.5, 0.6) is 11.5 Å². The first-order valence-electron chi connectivity index (χ1n) is 5.48. The molecule has 1 aliphatic heterocycles. The van der Waals surface area contributed by atoms with Crippen LogP contribution in [0.25, 0.3) is 0 Å². The van der Waals surface area contributed by atoms with Gasteiger partial charge in [0, 0.05) is 6.54 Å². The van der Waals surface area contributed by atoms with Gasteiger partial charge in [-0.25, -0.2) is 13.1 Å². The monoisotopic (exact) mass is 273 g/mol. The third-order valence-corrected chi connectivity index (χ3v) is 3.18. The van der Waals surface area contributed by atoms with E-state index in [-0.39, 0.29) is 6.54 Å². The van der Waals surface area contributed by atoms with Crippen LogP contribution in [-0.2, 0) is 10.0 Å². The number of hydrogen-bond acceptors (Lipinski definition) is 5. The summed E-state index contributed by atoms with van der Waals surface area (Å²) < 4.78 is 34.9. The number of rotatable bonds is 4. The number of sulfonamides is 1. The lowest BCUT2D eigenvalue weighted by Gasteiger charge is -2.20. The van der Waals surface area contributed by atoms with Crippen molar-refractivity contribution < 1.29 is 23.0 Å². The number of benzene rings is 1. The highest BCUT2D eigenvalue weighted by Gasteiger charge is 2.16. The molecule has 1 atom stereocenters. The number of hydrogen-bond donors (Lipinski definition) is 2. The van der Waals surface area contributed by atoms with Crippen molar-refractivity contribution in [1.82, 2.24) is 4.72 Å². The first-order valence-corrected chi connectivity index (χ1v) is 7.37. The van der Waals surface area contributed by atoms with E-state index in [1.165, 1.54) is 0 Å². The van der Waals surface area contributed by atoms with E-state index in [2.05, 4.69) is 4.72 Å². The van der Waals surface area contributed by atoms with Crippen molar-refractivity contribution in [2.75, 3.05) is 26.0 Å². The van der Waals surface area contributed by atoms with Crippen molar-refractivity contribution >= 4 is 10.0 Å². The summed E-state index contributed by atoms with van der Waals surface area (Å²) in [5.74, 6) is 1.20.